The SMILES string of the molecule is O=C(NCC1CCOC1)c1cc(COCc2ccc(Cl)s2)on1. The lowest BCUT2D eigenvalue weighted by Crippen LogP contribution is -2.29. The summed E-state index contributed by atoms with van der Waals surface area (Å²) in [6.45, 7) is 2.76. The number of thiophene rings is 1. The molecule has 1 aliphatic heterocycles. The van der Waals surface area contributed by atoms with E-state index in [1.54, 1.807) is 6.07 Å². The zero-order chi connectivity index (χ0) is 16.1. The van der Waals surface area contributed by atoms with Crippen LogP contribution in [0.15, 0.2) is 22.7 Å². The third kappa shape index (κ3) is 4.78. The number of rotatable bonds is 7. The van der Waals surface area contributed by atoms with Crippen molar-refractivity contribution < 1.29 is 18.8 Å². The molecule has 2 aromatic rings. The Hall–Kier alpha value is -1.41. The molecule has 0 bridgehead atoms. The third-order valence-electron chi connectivity index (χ3n) is 3.48. The Morgan fingerprint density at radius 1 is 1.48 bits per heavy atom. The van der Waals surface area contributed by atoms with Crippen LogP contribution in [0.2, 0.25) is 4.34 Å². The van der Waals surface area contributed by atoms with Gasteiger partial charge in [-0.25, -0.2) is 0 Å². The van der Waals surface area contributed by atoms with Crippen molar-refractivity contribution in [3.8, 4) is 0 Å². The second kappa shape index (κ2) is 7.92. The smallest absolute Gasteiger partial charge is 0.273 e. The molecule has 0 radical (unpaired) electrons. The van der Waals surface area contributed by atoms with Gasteiger partial charge in [0.1, 0.15) is 6.61 Å². The first-order valence-electron chi connectivity index (χ1n) is 7.34. The number of hydrogen-bond acceptors (Lipinski definition) is 6. The van der Waals surface area contributed by atoms with Gasteiger partial charge in [0, 0.05) is 30.0 Å². The Morgan fingerprint density at radius 2 is 2.39 bits per heavy atom. The summed E-state index contributed by atoms with van der Waals surface area (Å²) in [5.41, 5.74) is 0.265. The molecule has 1 saturated heterocycles. The van der Waals surface area contributed by atoms with E-state index in [4.69, 9.17) is 25.6 Å². The summed E-state index contributed by atoms with van der Waals surface area (Å²) < 4.78 is 16.6. The zero-order valence-electron chi connectivity index (χ0n) is 12.4. The van der Waals surface area contributed by atoms with Crippen molar-refractivity contribution in [2.24, 2.45) is 5.92 Å². The van der Waals surface area contributed by atoms with Crippen molar-refractivity contribution >= 4 is 28.8 Å². The lowest BCUT2D eigenvalue weighted by molar-refractivity contribution is 0.0892. The number of aromatic nitrogens is 1. The monoisotopic (exact) mass is 356 g/mol. The second-order valence-corrected chi connectivity index (χ2v) is 7.12. The predicted octanol–water partition coefficient (Wildman–Crippen LogP) is 2.87. The highest BCUT2D eigenvalue weighted by molar-refractivity contribution is 7.16. The molecule has 1 unspecified atom stereocenters. The Balaban J connectivity index is 1.42. The maximum atomic E-state index is 12.0. The molecular formula is C15H17ClN2O4S. The zero-order valence-corrected chi connectivity index (χ0v) is 14.0. The van der Waals surface area contributed by atoms with E-state index in [1.807, 2.05) is 12.1 Å². The highest BCUT2D eigenvalue weighted by Crippen LogP contribution is 2.22. The normalized spacial score (nSPS) is 17.5. The standard InChI is InChI=1S/C15H17ClN2O4S/c16-14-2-1-12(23-14)9-21-8-11-5-13(18-22-11)15(19)17-6-10-3-4-20-7-10/h1-2,5,10H,3-4,6-9H2,(H,17,19). The molecule has 0 saturated carbocycles. The molecular weight excluding hydrogens is 340 g/mol. The first-order chi connectivity index (χ1) is 11.2. The number of carbonyl (C=O) groups excluding carboxylic acids is 1. The fourth-order valence-electron chi connectivity index (χ4n) is 2.24. The minimum Gasteiger partial charge on any atom is -0.381 e. The van der Waals surface area contributed by atoms with Gasteiger partial charge in [0.15, 0.2) is 11.5 Å². The van der Waals surface area contributed by atoms with Gasteiger partial charge in [0.2, 0.25) is 0 Å². The van der Waals surface area contributed by atoms with Gasteiger partial charge >= 0.3 is 0 Å². The van der Waals surface area contributed by atoms with Crippen LogP contribution in [0, 0.1) is 5.92 Å². The van der Waals surface area contributed by atoms with E-state index < -0.39 is 0 Å². The van der Waals surface area contributed by atoms with E-state index in [0.29, 0.717) is 31.4 Å². The number of carbonyl (C=O) groups is 1. The van der Waals surface area contributed by atoms with E-state index in [0.717, 1.165) is 22.2 Å². The van der Waals surface area contributed by atoms with Gasteiger partial charge in [-0.2, -0.15) is 0 Å². The fourth-order valence-corrected chi connectivity index (χ4v) is 3.27. The van der Waals surface area contributed by atoms with Crippen LogP contribution in [0.5, 0.6) is 0 Å². The fraction of sp³-hybridized carbons (Fsp3) is 0.467. The van der Waals surface area contributed by atoms with E-state index in [1.165, 1.54) is 11.3 Å². The van der Waals surface area contributed by atoms with Gasteiger partial charge in [-0.3, -0.25) is 4.79 Å². The quantitative estimate of drug-likeness (QED) is 0.825. The molecule has 3 heterocycles. The first kappa shape index (κ1) is 16.4. The lowest BCUT2D eigenvalue weighted by Gasteiger charge is -2.07. The Bertz CT molecular complexity index is 651. The van der Waals surface area contributed by atoms with Gasteiger partial charge in [-0.15, -0.1) is 11.3 Å². The van der Waals surface area contributed by atoms with Crippen LogP contribution in [0.3, 0.4) is 0 Å². The summed E-state index contributed by atoms with van der Waals surface area (Å²) in [5, 5.41) is 6.62. The van der Waals surface area contributed by atoms with Crippen LogP contribution >= 0.6 is 22.9 Å². The average Bonchev–Trinajstić information content (AvgIpc) is 3.27. The van der Waals surface area contributed by atoms with Gasteiger partial charge in [0.05, 0.1) is 17.6 Å². The number of hydrogen-bond donors (Lipinski definition) is 1. The van der Waals surface area contributed by atoms with Gasteiger partial charge < -0.3 is 19.3 Å². The summed E-state index contributed by atoms with van der Waals surface area (Å²) in [6, 6.07) is 5.35. The predicted molar refractivity (Wildman–Crippen MR) is 85.6 cm³/mol. The van der Waals surface area contributed by atoms with Crippen LogP contribution in [0.25, 0.3) is 0 Å². The Kier molecular flexibility index (Phi) is 5.66. The molecule has 1 atom stereocenters. The van der Waals surface area contributed by atoms with Gasteiger partial charge in [-0.1, -0.05) is 16.8 Å². The lowest BCUT2D eigenvalue weighted by atomic mass is 10.1. The third-order valence-corrected chi connectivity index (χ3v) is 4.69. The van der Waals surface area contributed by atoms with Gasteiger partial charge in [0.25, 0.3) is 5.91 Å². The number of ether oxygens (including phenoxy) is 2. The summed E-state index contributed by atoms with van der Waals surface area (Å²) in [6.07, 6.45) is 0.977. The van der Waals surface area contributed by atoms with Crippen molar-refractivity contribution in [1.29, 1.82) is 0 Å². The van der Waals surface area contributed by atoms with E-state index >= 15 is 0 Å². The minimum atomic E-state index is -0.239. The topological polar surface area (TPSA) is 73.6 Å². The van der Waals surface area contributed by atoms with E-state index in [9.17, 15) is 4.79 Å². The molecule has 8 heteroatoms. The van der Waals surface area contributed by atoms with Crippen molar-refractivity contribution in [3.63, 3.8) is 0 Å². The van der Waals surface area contributed by atoms with E-state index in [-0.39, 0.29) is 18.2 Å². The summed E-state index contributed by atoms with van der Waals surface area (Å²) in [7, 11) is 0. The molecule has 1 fully saturated rings. The average molecular weight is 357 g/mol. The molecule has 1 N–H and O–H groups in total. The van der Waals surface area contributed by atoms with Crippen LogP contribution in [-0.4, -0.2) is 30.8 Å². The number of nitrogens with zero attached hydrogens (tertiary/aromatic N) is 1. The van der Waals surface area contributed by atoms with Gasteiger partial charge in [-0.05, 0) is 18.6 Å². The van der Waals surface area contributed by atoms with Crippen molar-refractivity contribution in [3.05, 3.63) is 38.9 Å². The van der Waals surface area contributed by atoms with Crippen LogP contribution < -0.4 is 5.32 Å². The molecule has 0 aliphatic carbocycles. The van der Waals surface area contributed by atoms with Crippen LogP contribution in [0.1, 0.15) is 27.5 Å². The Labute approximate surface area is 142 Å². The maximum Gasteiger partial charge on any atom is 0.273 e. The number of amides is 1. The second-order valence-electron chi connectivity index (χ2n) is 5.32. The molecule has 0 spiro atoms. The van der Waals surface area contributed by atoms with Crippen molar-refractivity contribution in [1.82, 2.24) is 10.5 Å². The van der Waals surface area contributed by atoms with Crippen molar-refractivity contribution in [2.75, 3.05) is 19.8 Å². The van der Waals surface area contributed by atoms with Crippen LogP contribution in [0.4, 0.5) is 0 Å². The highest BCUT2D eigenvalue weighted by Gasteiger charge is 2.18. The molecule has 23 heavy (non-hydrogen) atoms. The van der Waals surface area contributed by atoms with Crippen LogP contribution in [-0.2, 0) is 22.7 Å². The van der Waals surface area contributed by atoms with E-state index in [2.05, 4.69) is 10.5 Å². The summed E-state index contributed by atoms with van der Waals surface area (Å²) >= 11 is 7.32. The molecule has 0 aromatic carbocycles. The molecule has 3 rings (SSSR count). The molecule has 6 nitrogen and oxygen atoms in total. The molecule has 124 valence electrons. The number of halogens is 1. The number of nitrogens with one attached hydrogen (secondary N) is 1. The maximum absolute atomic E-state index is 12.0. The van der Waals surface area contributed by atoms with Crippen molar-refractivity contribution in [2.45, 2.75) is 19.6 Å². The molecule has 1 aliphatic rings. The highest BCUT2D eigenvalue weighted by atomic mass is 35.5. The minimum absolute atomic E-state index is 0.239. The molecule has 1 amide bonds. The largest absolute Gasteiger partial charge is 0.381 e. The summed E-state index contributed by atoms with van der Waals surface area (Å²) in [4.78, 5) is 13.0. The molecule has 2 aromatic heterocycles. The Morgan fingerprint density at radius 3 is 3.13 bits per heavy atom. The summed E-state index contributed by atoms with van der Waals surface area (Å²) in [5.74, 6) is 0.658. The first-order valence-corrected chi connectivity index (χ1v) is 8.53.